The van der Waals surface area contributed by atoms with Crippen LogP contribution in [0.3, 0.4) is 0 Å². The topological polar surface area (TPSA) is 101 Å². The van der Waals surface area contributed by atoms with Crippen LogP contribution < -0.4 is 0 Å². The first-order valence-electron chi connectivity index (χ1n) is 16.9. The number of carboxylic acid groups (broad SMARTS) is 2. The second-order valence-corrected chi connectivity index (χ2v) is 17.3. The van der Waals surface area contributed by atoms with Crippen molar-refractivity contribution >= 4 is 17.9 Å². The lowest BCUT2D eigenvalue weighted by Gasteiger charge is -2.71. The monoisotopic (exact) mass is 604 g/mol. The quantitative estimate of drug-likeness (QED) is 0.263. The molecule has 0 bridgehead atoms. The van der Waals surface area contributed by atoms with Gasteiger partial charge in [-0.25, -0.2) is 9.59 Å². The normalized spacial score (nSPS) is 41.9. The number of aromatic carboxylic acids is 1. The van der Waals surface area contributed by atoms with Gasteiger partial charge >= 0.3 is 17.9 Å². The number of fused-ring (bicyclic) bond motifs is 7. The van der Waals surface area contributed by atoms with Gasteiger partial charge in [0.1, 0.15) is 6.10 Å². The van der Waals surface area contributed by atoms with Crippen molar-refractivity contribution in [3.63, 3.8) is 0 Å². The molecule has 0 spiro atoms. The molecule has 4 fully saturated rings. The van der Waals surface area contributed by atoms with Gasteiger partial charge in [0.15, 0.2) is 0 Å². The molecular weight excluding hydrogens is 552 g/mol. The van der Waals surface area contributed by atoms with Gasteiger partial charge < -0.3 is 14.9 Å². The van der Waals surface area contributed by atoms with Gasteiger partial charge in [-0.1, -0.05) is 72.2 Å². The van der Waals surface area contributed by atoms with Crippen LogP contribution in [0.15, 0.2) is 35.9 Å². The van der Waals surface area contributed by atoms with E-state index in [1.807, 2.05) is 0 Å². The van der Waals surface area contributed by atoms with E-state index in [0.29, 0.717) is 11.8 Å². The molecule has 1 aromatic rings. The number of carboxylic acids is 2. The highest BCUT2D eigenvalue weighted by Gasteiger charge is 2.69. The fourth-order valence-corrected chi connectivity index (χ4v) is 11.9. The summed E-state index contributed by atoms with van der Waals surface area (Å²) in [6, 6.07) is 6.30. The van der Waals surface area contributed by atoms with E-state index < -0.39 is 23.3 Å². The summed E-state index contributed by atoms with van der Waals surface area (Å²) >= 11 is 0. The van der Waals surface area contributed by atoms with Gasteiger partial charge in [0.2, 0.25) is 0 Å². The Morgan fingerprint density at radius 3 is 2.11 bits per heavy atom. The van der Waals surface area contributed by atoms with Gasteiger partial charge in [0, 0.05) is 5.41 Å². The van der Waals surface area contributed by atoms with Crippen LogP contribution in [-0.4, -0.2) is 34.2 Å². The number of esters is 1. The number of ether oxygens (including phenoxy) is 1. The number of benzene rings is 1. The van der Waals surface area contributed by atoms with E-state index in [9.17, 15) is 24.6 Å². The van der Waals surface area contributed by atoms with Crippen LogP contribution in [0.25, 0.3) is 0 Å². The van der Waals surface area contributed by atoms with Crippen molar-refractivity contribution in [2.24, 2.45) is 50.2 Å². The lowest BCUT2D eigenvalue weighted by atomic mass is 9.33. The number of carbonyl (C=O) groups is 3. The Morgan fingerprint density at radius 1 is 0.795 bits per heavy atom. The highest BCUT2D eigenvalue weighted by Crippen LogP contribution is 2.75. The van der Waals surface area contributed by atoms with Gasteiger partial charge in [0.05, 0.1) is 16.5 Å². The first-order chi connectivity index (χ1) is 20.4. The van der Waals surface area contributed by atoms with E-state index >= 15 is 0 Å². The van der Waals surface area contributed by atoms with Crippen LogP contribution in [-0.2, 0) is 9.53 Å². The second-order valence-electron chi connectivity index (χ2n) is 17.3. The summed E-state index contributed by atoms with van der Waals surface area (Å²) in [6.07, 6.45) is 11.4. The van der Waals surface area contributed by atoms with E-state index in [4.69, 9.17) is 4.74 Å². The molecular formula is C38H52O6. The fraction of sp³-hybridized carbons (Fsp3) is 0.711. The molecule has 8 atom stereocenters. The van der Waals surface area contributed by atoms with Gasteiger partial charge in [0.25, 0.3) is 0 Å². The molecule has 0 aromatic heterocycles. The zero-order valence-corrected chi connectivity index (χ0v) is 27.8. The maximum atomic E-state index is 13.3. The largest absolute Gasteiger partial charge is 0.481 e. The third-order valence-electron chi connectivity index (χ3n) is 14.6. The minimum Gasteiger partial charge on any atom is -0.481 e. The smallest absolute Gasteiger partial charge is 0.339 e. The summed E-state index contributed by atoms with van der Waals surface area (Å²) in [5.41, 5.74) is 0.857. The predicted molar refractivity (Wildman–Crippen MR) is 169 cm³/mol. The molecule has 5 aliphatic carbocycles. The van der Waals surface area contributed by atoms with Gasteiger partial charge in [-0.15, -0.1) is 0 Å². The van der Waals surface area contributed by atoms with Gasteiger partial charge in [-0.2, -0.15) is 0 Å². The Kier molecular flexibility index (Phi) is 7.08. The number of hydrogen-bond donors (Lipinski definition) is 2. The van der Waals surface area contributed by atoms with Gasteiger partial charge in [-0.3, -0.25) is 4.79 Å². The molecule has 4 saturated carbocycles. The van der Waals surface area contributed by atoms with Crippen LogP contribution in [0.1, 0.15) is 133 Å². The molecule has 2 N–H and O–H groups in total. The average molecular weight is 605 g/mol. The molecule has 6 heteroatoms. The standard InChI is InChI=1S/C38H52O6/c1-33(2)18-20-38(32(42)43)21-19-36(6)25(26(38)22-33)12-13-28-35(5)16-15-29(34(3,4)27(35)14-17-37(28,36)7)44-31(41)24-11-9-8-10-23(24)30(39)40/h8-12,26-29H,13-22H2,1-7H3,(H,39,40)(H,42,43)/t26?,27?,28?,29?,35-,36+,37+,38?/m0/s1. The highest BCUT2D eigenvalue weighted by atomic mass is 16.5. The Hall–Kier alpha value is -2.63. The third-order valence-corrected chi connectivity index (χ3v) is 14.6. The van der Waals surface area contributed by atoms with Crippen LogP contribution in [0.5, 0.6) is 0 Å². The van der Waals surface area contributed by atoms with Gasteiger partial charge in [-0.05, 0) is 116 Å². The summed E-state index contributed by atoms with van der Waals surface area (Å²) in [5.74, 6) is -1.36. The molecule has 0 amide bonds. The SMILES string of the molecule is CC1(C)CCC2(C(=O)O)CC[C@]3(C)C(=CCC4[C@@]5(C)CCC(OC(=O)c6ccccc6C(=O)O)C(C)(C)C5CC[C@]43C)C2C1. The summed E-state index contributed by atoms with van der Waals surface area (Å²) < 4.78 is 6.19. The number of carbonyl (C=O) groups excluding carboxylic acids is 1. The molecule has 6 nitrogen and oxygen atoms in total. The van der Waals surface area contributed by atoms with E-state index in [-0.39, 0.29) is 50.2 Å². The van der Waals surface area contributed by atoms with E-state index in [0.717, 1.165) is 64.2 Å². The second kappa shape index (κ2) is 9.93. The number of allylic oxidation sites excluding steroid dienone is 2. The number of rotatable bonds is 4. The number of hydrogen-bond acceptors (Lipinski definition) is 4. The lowest BCUT2D eigenvalue weighted by Crippen LogP contribution is -2.65. The molecule has 0 radical (unpaired) electrons. The Morgan fingerprint density at radius 2 is 1.45 bits per heavy atom. The summed E-state index contributed by atoms with van der Waals surface area (Å²) in [6.45, 7) is 16.6. The van der Waals surface area contributed by atoms with Crippen LogP contribution >= 0.6 is 0 Å². The van der Waals surface area contributed by atoms with Crippen molar-refractivity contribution in [1.29, 1.82) is 0 Å². The van der Waals surface area contributed by atoms with Crippen LogP contribution in [0, 0.1) is 50.2 Å². The first-order valence-corrected chi connectivity index (χ1v) is 16.9. The Labute approximate surface area is 263 Å². The van der Waals surface area contributed by atoms with Crippen molar-refractivity contribution in [3.8, 4) is 0 Å². The molecule has 0 saturated heterocycles. The third kappa shape index (κ3) is 4.21. The summed E-state index contributed by atoms with van der Waals surface area (Å²) in [7, 11) is 0. The molecule has 1 aromatic carbocycles. The van der Waals surface area contributed by atoms with E-state index in [2.05, 4.69) is 54.5 Å². The minimum absolute atomic E-state index is 0.0248. The van der Waals surface area contributed by atoms with E-state index in [1.54, 1.807) is 18.2 Å². The maximum Gasteiger partial charge on any atom is 0.339 e. The Balaban J connectivity index is 1.31. The molecule has 5 unspecified atom stereocenters. The van der Waals surface area contributed by atoms with Crippen molar-refractivity contribution in [1.82, 2.24) is 0 Å². The maximum absolute atomic E-state index is 13.3. The molecule has 0 heterocycles. The van der Waals surface area contributed by atoms with Crippen molar-refractivity contribution in [2.45, 2.75) is 119 Å². The number of aliphatic carboxylic acids is 1. The molecule has 6 rings (SSSR count). The molecule has 44 heavy (non-hydrogen) atoms. The minimum atomic E-state index is -1.13. The van der Waals surface area contributed by atoms with Crippen LogP contribution in [0.2, 0.25) is 0 Å². The predicted octanol–water partition coefficient (Wildman–Crippen LogP) is 8.80. The first kappa shape index (κ1) is 31.4. The molecule has 5 aliphatic rings. The Bertz CT molecular complexity index is 1420. The van der Waals surface area contributed by atoms with Crippen molar-refractivity contribution in [3.05, 3.63) is 47.0 Å². The fourth-order valence-electron chi connectivity index (χ4n) is 11.9. The zero-order chi connectivity index (χ0) is 32.1. The van der Waals surface area contributed by atoms with Crippen molar-refractivity contribution < 1.29 is 29.3 Å². The summed E-state index contributed by atoms with van der Waals surface area (Å²) in [5, 5.41) is 20.3. The zero-order valence-electron chi connectivity index (χ0n) is 27.8. The van der Waals surface area contributed by atoms with Crippen LogP contribution in [0.4, 0.5) is 0 Å². The molecule has 0 aliphatic heterocycles. The lowest BCUT2D eigenvalue weighted by molar-refractivity contribution is -0.205. The average Bonchev–Trinajstić information content (AvgIpc) is 2.94. The highest BCUT2D eigenvalue weighted by molar-refractivity contribution is 6.02. The van der Waals surface area contributed by atoms with E-state index in [1.165, 1.54) is 11.6 Å². The van der Waals surface area contributed by atoms with Crippen molar-refractivity contribution in [2.75, 3.05) is 0 Å². The molecule has 240 valence electrons. The summed E-state index contributed by atoms with van der Waals surface area (Å²) in [4.78, 5) is 38.1.